The predicted molar refractivity (Wildman–Crippen MR) is 133 cm³/mol. The molecule has 34 heavy (non-hydrogen) atoms. The van der Waals surface area contributed by atoms with Gasteiger partial charge in [0, 0.05) is 22.6 Å². The van der Waals surface area contributed by atoms with Crippen LogP contribution < -0.4 is 10.2 Å². The van der Waals surface area contributed by atoms with Crippen molar-refractivity contribution >= 4 is 51.2 Å². The van der Waals surface area contributed by atoms with E-state index in [0.717, 1.165) is 54.8 Å². The van der Waals surface area contributed by atoms with E-state index in [0.29, 0.717) is 51.0 Å². The number of hydrogen-bond donors (Lipinski definition) is 1. The predicted octanol–water partition coefficient (Wildman–Crippen LogP) is 6.41. The lowest BCUT2D eigenvalue weighted by Crippen LogP contribution is -2.46. The van der Waals surface area contributed by atoms with Gasteiger partial charge in [-0.1, -0.05) is 41.8 Å². The molecule has 1 atom stereocenters. The molecule has 3 heterocycles. The normalized spacial score (nSPS) is 21.8. The number of hydrogen-bond acceptors (Lipinski definition) is 5. The number of fused-ring (bicyclic) bond motifs is 6. The molecule has 6 rings (SSSR count). The minimum absolute atomic E-state index is 0.0191. The van der Waals surface area contributed by atoms with Crippen molar-refractivity contribution in [2.24, 2.45) is 0 Å². The second kappa shape index (κ2) is 8.27. The van der Waals surface area contributed by atoms with Crippen LogP contribution in [0.15, 0.2) is 40.9 Å². The van der Waals surface area contributed by atoms with Crippen molar-refractivity contribution in [3.8, 4) is 6.07 Å². The molecule has 0 saturated carbocycles. The van der Waals surface area contributed by atoms with Crippen LogP contribution in [-0.4, -0.2) is 11.7 Å². The number of halogens is 2. The Morgan fingerprint density at radius 1 is 1.06 bits per heavy atom. The van der Waals surface area contributed by atoms with Gasteiger partial charge >= 0.3 is 0 Å². The average molecular weight is 510 g/mol. The number of thiophene rings is 1. The quantitative estimate of drug-likeness (QED) is 0.450. The molecular weight excluding hydrogens is 489 g/mol. The lowest BCUT2D eigenvalue weighted by molar-refractivity contribution is -0.116. The fourth-order valence-electron chi connectivity index (χ4n) is 5.75. The van der Waals surface area contributed by atoms with Gasteiger partial charge in [-0.15, -0.1) is 11.3 Å². The highest BCUT2D eigenvalue weighted by Gasteiger charge is 2.46. The number of ketones is 1. The van der Waals surface area contributed by atoms with Gasteiger partial charge in [0.15, 0.2) is 5.78 Å². The molecule has 1 N–H and O–H groups in total. The number of rotatable bonds is 1. The van der Waals surface area contributed by atoms with Gasteiger partial charge in [0.2, 0.25) is 0 Å². The van der Waals surface area contributed by atoms with Crippen molar-refractivity contribution in [1.29, 1.82) is 5.26 Å². The maximum Gasteiger partial charge on any atom is 0.260 e. The van der Waals surface area contributed by atoms with E-state index >= 15 is 0 Å². The van der Waals surface area contributed by atoms with Gasteiger partial charge in [-0.25, -0.2) is 0 Å². The van der Waals surface area contributed by atoms with Crippen LogP contribution in [0.3, 0.4) is 0 Å². The van der Waals surface area contributed by atoms with Gasteiger partial charge in [-0.3, -0.25) is 14.5 Å². The maximum atomic E-state index is 13.4. The molecule has 0 spiro atoms. The van der Waals surface area contributed by atoms with E-state index in [-0.39, 0.29) is 11.7 Å². The maximum absolute atomic E-state index is 13.4. The Bertz CT molecular complexity index is 1380. The number of amides is 1. The summed E-state index contributed by atoms with van der Waals surface area (Å²) in [5.41, 5.74) is 4.25. The molecule has 1 aromatic carbocycles. The Morgan fingerprint density at radius 2 is 1.88 bits per heavy atom. The zero-order valence-corrected chi connectivity index (χ0v) is 20.7. The second-order valence-corrected chi connectivity index (χ2v) is 11.0. The number of nitriles is 1. The number of Topliss-reactive ketones (excluding diaryl/α,β-unsaturated/α-hetero) is 1. The fourth-order valence-corrected chi connectivity index (χ4v) is 7.59. The molecule has 1 amide bonds. The van der Waals surface area contributed by atoms with Gasteiger partial charge in [-0.05, 0) is 55.7 Å². The Hall–Kier alpha value is -2.59. The molecule has 0 bridgehead atoms. The summed E-state index contributed by atoms with van der Waals surface area (Å²) in [6, 6.07) is 7.59. The molecule has 2 aliphatic carbocycles. The van der Waals surface area contributed by atoms with Crippen LogP contribution in [0.4, 0.5) is 5.00 Å². The van der Waals surface area contributed by atoms with E-state index in [1.165, 1.54) is 4.88 Å². The van der Waals surface area contributed by atoms with E-state index in [4.69, 9.17) is 23.2 Å². The molecule has 2 aliphatic heterocycles. The van der Waals surface area contributed by atoms with Crippen LogP contribution in [0, 0.1) is 11.3 Å². The molecule has 8 heteroatoms. The Balaban J connectivity index is 1.63. The minimum atomic E-state index is -0.662. The number of carbonyl (C=O) groups is 2. The lowest BCUT2D eigenvalue weighted by Gasteiger charge is -2.42. The molecule has 172 valence electrons. The van der Waals surface area contributed by atoms with Crippen LogP contribution in [0.1, 0.15) is 70.8 Å². The van der Waals surface area contributed by atoms with E-state index in [2.05, 4.69) is 11.4 Å². The van der Waals surface area contributed by atoms with Gasteiger partial charge < -0.3 is 5.32 Å². The first kappa shape index (κ1) is 21.9. The third kappa shape index (κ3) is 3.11. The first-order valence-electron chi connectivity index (χ1n) is 11.6. The van der Waals surface area contributed by atoms with Crippen LogP contribution in [0.25, 0.3) is 0 Å². The molecule has 2 aromatic rings. The van der Waals surface area contributed by atoms with Gasteiger partial charge in [-0.2, -0.15) is 5.26 Å². The topological polar surface area (TPSA) is 73.2 Å². The third-order valence-electron chi connectivity index (χ3n) is 7.23. The summed E-state index contributed by atoms with van der Waals surface area (Å²) in [6.45, 7) is 0. The SMILES string of the molecule is N#CC1=C2NC(=O)c3c(sc4c3CCCCC4)N2C2=C(C(=O)CCC2)[C@@H]1c1cccc(Cl)c1Cl. The highest BCUT2D eigenvalue weighted by Crippen LogP contribution is 2.53. The van der Waals surface area contributed by atoms with Crippen LogP contribution in [0.2, 0.25) is 10.0 Å². The summed E-state index contributed by atoms with van der Waals surface area (Å²) < 4.78 is 0. The fraction of sp³-hybridized carbons (Fsp3) is 0.346. The Morgan fingerprint density at radius 3 is 2.71 bits per heavy atom. The summed E-state index contributed by atoms with van der Waals surface area (Å²) in [6.07, 6.45) is 7.04. The van der Waals surface area contributed by atoms with Crippen molar-refractivity contribution in [1.82, 2.24) is 5.32 Å². The molecule has 0 radical (unpaired) electrons. The first-order chi connectivity index (χ1) is 16.5. The third-order valence-corrected chi connectivity index (χ3v) is 9.34. The number of aryl methyl sites for hydroxylation is 1. The van der Waals surface area contributed by atoms with Crippen molar-refractivity contribution in [3.63, 3.8) is 0 Å². The monoisotopic (exact) mass is 509 g/mol. The average Bonchev–Trinajstić information content (AvgIpc) is 3.03. The Labute approximate surface area is 211 Å². The van der Waals surface area contributed by atoms with E-state index in [1.807, 2.05) is 11.0 Å². The molecule has 0 saturated heterocycles. The summed E-state index contributed by atoms with van der Waals surface area (Å²) >= 11 is 14.6. The highest BCUT2D eigenvalue weighted by atomic mass is 35.5. The second-order valence-electron chi connectivity index (χ2n) is 9.12. The highest BCUT2D eigenvalue weighted by molar-refractivity contribution is 7.17. The summed E-state index contributed by atoms with van der Waals surface area (Å²) in [7, 11) is 0. The molecule has 0 fully saturated rings. The zero-order chi connectivity index (χ0) is 23.6. The van der Waals surface area contributed by atoms with E-state index in [9.17, 15) is 14.9 Å². The number of anilines is 1. The van der Waals surface area contributed by atoms with Crippen LogP contribution in [0.5, 0.6) is 0 Å². The van der Waals surface area contributed by atoms with Gasteiger partial charge in [0.25, 0.3) is 5.91 Å². The molecule has 1 aromatic heterocycles. The molecule has 4 aliphatic rings. The van der Waals surface area contributed by atoms with Crippen molar-refractivity contribution in [2.45, 2.75) is 57.3 Å². The van der Waals surface area contributed by atoms with E-state index < -0.39 is 5.92 Å². The molecular formula is C26H21Cl2N3O2S. The van der Waals surface area contributed by atoms with Crippen LogP contribution in [-0.2, 0) is 17.6 Å². The number of carbonyl (C=O) groups excluding carboxylic acids is 2. The first-order valence-corrected chi connectivity index (χ1v) is 13.2. The number of nitrogens with one attached hydrogen (secondary N) is 1. The summed E-state index contributed by atoms with van der Waals surface area (Å²) in [5.74, 6) is -0.364. The molecule has 5 nitrogen and oxygen atoms in total. The summed E-state index contributed by atoms with van der Waals surface area (Å²) in [5, 5.41) is 14.9. The number of allylic oxidation sites excluding steroid dienone is 3. The minimum Gasteiger partial charge on any atom is -0.307 e. The van der Waals surface area contributed by atoms with Crippen LogP contribution >= 0.6 is 34.5 Å². The Kier molecular flexibility index (Phi) is 5.33. The smallest absolute Gasteiger partial charge is 0.260 e. The van der Waals surface area contributed by atoms with Gasteiger partial charge in [0.1, 0.15) is 10.8 Å². The number of benzene rings is 1. The largest absolute Gasteiger partial charge is 0.307 e. The lowest BCUT2D eigenvalue weighted by atomic mass is 9.75. The standard InChI is InChI=1S/C26H21Cl2N3O2S/c27-16-8-4-7-14(23(16)28)20-15(12-29)24-30-25(33)21-13-6-2-1-3-11-19(13)34-26(21)31(24)17-9-5-10-18(32)22(17)20/h4,7-8,20H,1-3,5-6,9-11H2,(H,30,33)/t20-/m1/s1. The van der Waals surface area contributed by atoms with E-state index in [1.54, 1.807) is 23.5 Å². The molecule has 0 unspecified atom stereocenters. The van der Waals surface area contributed by atoms with Crippen molar-refractivity contribution in [3.05, 3.63) is 72.5 Å². The van der Waals surface area contributed by atoms with Crippen molar-refractivity contribution in [2.75, 3.05) is 4.90 Å². The van der Waals surface area contributed by atoms with Gasteiger partial charge in [0.05, 0.1) is 33.2 Å². The number of nitrogens with zero attached hydrogens (tertiary/aromatic N) is 2. The van der Waals surface area contributed by atoms with Crippen molar-refractivity contribution < 1.29 is 9.59 Å². The zero-order valence-electron chi connectivity index (χ0n) is 18.3. The summed E-state index contributed by atoms with van der Waals surface area (Å²) in [4.78, 5) is 30.1.